The van der Waals surface area contributed by atoms with Crippen molar-refractivity contribution >= 4 is 5.91 Å². The van der Waals surface area contributed by atoms with E-state index in [1.807, 2.05) is 51.6 Å². The summed E-state index contributed by atoms with van der Waals surface area (Å²) in [6, 6.07) is 8.71. The fourth-order valence-corrected chi connectivity index (χ4v) is 3.43. The first kappa shape index (κ1) is 22.3. The zero-order valence-electron chi connectivity index (χ0n) is 19.4. The largest absolute Gasteiger partial charge is 0.486 e. The Bertz CT molecular complexity index is 1220. The van der Waals surface area contributed by atoms with Gasteiger partial charge in [-0.3, -0.25) is 9.48 Å². The zero-order chi connectivity index (χ0) is 23.5. The molecule has 4 aromatic heterocycles. The third-order valence-electron chi connectivity index (χ3n) is 5.34. The Labute approximate surface area is 192 Å². The van der Waals surface area contributed by atoms with Crippen LogP contribution in [0, 0.1) is 19.8 Å². The first-order valence-corrected chi connectivity index (χ1v) is 10.8. The minimum absolute atomic E-state index is 0.151. The first-order valence-electron chi connectivity index (χ1n) is 10.8. The Kier molecular flexibility index (Phi) is 6.30. The highest BCUT2D eigenvalue weighted by molar-refractivity contribution is 5.92. The number of nitrogens with zero attached hydrogens (tertiary/aromatic N) is 4. The quantitative estimate of drug-likeness (QED) is 0.419. The van der Waals surface area contributed by atoms with Crippen LogP contribution in [0.3, 0.4) is 0 Å². The number of aromatic amines is 1. The van der Waals surface area contributed by atoms with Gasteiger partial charge in [0.25, 0.3) is 5.91 Å². The van der Waals surface area contributed by atoms with Crippen molar-refractivity contribution in [2.24, 2.45) is 13.0 Å². The topological polar surface area (TPSA) is 111 Å². The highest BCUT2D eigenvalue weighted by Gasteiger charge is 2.23. The monoisotopic (exact) mass is 448 g/mol. The predicted octanol–water partition coefficient (Wildman–Crippen LogP) is 4.12. The van der Waals surface area contributed by atoms with Gasteiger partial charge in [-0.05, 0) is 50.1 Å². The molecular weight excluding hydrogens is 420 g/mol. The van der Waals surface area contributed by atoms with E-state index < -0.39 is 0 Å². The molecule has 4 heterocycles. The number of carbonyl (C=O) groups excluding carboxylic acids is 1. The molecule has 0 aromatic carbocycles. The van der Waals surface area contributed by atoms with Gasteiger partial charge in [-0.1, -0.05) is 13.8 Å². The molecule has 2 N–H and O–H groups in total. The maximum Gasteiger partial charge on any atom is 0.287 e. The number of aromatic nitrogens is 5. The highest BCUT2D eigenvalue weighted by Crippen LogP contribution is 2.24. The smallest absolute Gasteiger partial charge is 0.287 e. The lowest BCUT2D eigenvalue weighted by atomic mass is 10.0. The van der Waals surface area contributed by atoms with E-state index in [2.05, 4.69) is 25.4 Å². The number of rotatable bonds is 8. The van der Waals surface area contributed by atoms with Gasteiger partial charge in [0.05, 0.1) is 12.2 Å². The maximum absolute atomic E-state index is 12.8. The number of imidazole rings is 1. The SMILES string of the molecule is Cc1cnc(C(NC(=O)c2ccc(-c3ccc(OCc4cc(C)n(C)n4)cn3)o2)C(C)C)[nH]1. The minimum Gasteiger partial charge on any atom is -0.486 e. The molecule has 0 saturated heterocycles. The van der Waals surface area contributed by atoms with E-state index in [-0.39, 0.29) is 23.6 Å². The lowest BCUT2D eigenvalue weighted by Gasteiger charge is -2.19. The van der Waals surface area contributed by atoms with Gasteiger partial charge in [0.2, 0.25) is 0 Å². The van der Waals surface area contributed by atoms with Gasteiger partial charge in [-0.25, -0.2) is 9.97 Å². The van der Waals surface area contributed by atoms with E-state index in [1.165, 1.54) is 0 Å². The fourth-order valence-electron chi connectivity index (χ4n) is 3.43. The molecule has 0 radical (unpaired) electrons. The molecule has 0 saturated carbocycles. The summed E-state index contributed by atoms with van der Waals surface area (Å²) >= 11 is 0. The van der Waals surface area contributed by atoms with Gasteiger partial charge in [0.15, 0.2) is 11.5 Å². The van der Waals surface area contributed by atoms with Crippen molar-refractivity contribution < 1.29 is 13.9 Å². The molecule has 0 aliphatic rings. The van der Waals surface area contributed by atoms with Crippen molar-refractivity contribution in [3.63, 3.8) is 0 Å². The molecule has 0 spiro atoms. The molecule has 33 heavy (non-hydrogen) atoms. The van der Waals surface area contributed by atoms with E-state index >= 15 is 0 Å². The molecule has 4 aromatic rings. The molecule has 1 atom stereocenters. The van der Waals surface area contributed by atoms with Crippen molar-refractivity contribution in [3.8, 4) is 17.2 Å². The van der Waals surface area contributed by atoms with Crippen LogP contribution >= 0.6 is 0 Å². The van der Waals surface area contributed by atoms with Gasteiger partial charge < -0.3 is 19.5 Å². The van der Waals surface area contributed by atoms with Crippen LogP contribution in [-0.2, 0) is 13.7 Å². The number of amides is 1. The van der Waals surface area contributed by atoms with Crippen LogP contribution in [0.4, 0.5) is 0 Å². The van der Waals surface area contributed by atoms with Gasteiger partial charge >= 0.3 is 0 Å². The van der Waals surface area contributed by atoms with E-state index in [9.17, 15) is 4.79 Å². The Balaban J connectivity index is 1.40. The second-order valence-electron chi connectivity index (χ2n) is 8.38. The average molecular weight is 449 g/mol. The highest BCUT2D eigenvalue weighted by atomic mass is 16.5. The Hall–Kier alpha value is -3.88. The summed E-state index contributed by atoms with van der Waals surface area (Å²) < 4.78 is 13.4. The molecular formula is C24H28N6O3. The molecule has 9 heteroatoms. The van der Waals surface area contributed by atoms with Crippen molar-refractivity contribution in [1.29, 1.82) is 0 Å². The number of hydrogen-bond acceptors (Lipinski definition) is 6. The molecule has 0 aliphatic carbocycles. The minimum atomic E-state index is -0.306. The molecule has 4 rings (SSSR count). The lowest BCUT2D eigenvalue weighted by Crippen LogP contribution is -2.32. The van der Waals surface area contributed by atoms with Gasteiger partial charge in [0.1, 0.15) is 29.6 Å². The second kappa shape index (κ2) is 9.32. The predicted molar refractivity (Wildman–Crippen MR) is 123 cm³/mol. The Morgan fingerprint density at radius 1 is 1.18 bits per heavy atom. The molecule has 0 bridgehead atoms. The van der Waals surface area contributed by atoms with Crippen molar-refractivity contribution in [1.82, 2.24) is 30.0 Å². The summed E-state index contributed by atoms with van der Waals surface area (Å²) in [7, 11) is 1.90. The second-order valence-corrected chi connectivity index (χ2v) is 8.38. The summed E-state index contributed by atoms with van der Waals surface area (Å²) in [5.41, 5.74) is 3.47. The molecule has 0 fully saturated rings. The first-order chi connectivity index (χ1) is 15.8. The molecule has 0 aliphatic heterocycles. The van der Waals surface area contributed by atoms with Crippen LogP contribution in [0.25, 0.3) is 11.5 Å². The van der Waals surface area contributed by atoms with Crippen LogP contribution in [0.5, 0.6) is 5.75 Å². The number of nitrogens with one attached hydrogen (secondary N) is 2. The van der Waals surface area contributed by atoms with Crippen LogP contribution in [0.15, 0.2) is 47.1 Å². The third kappa shape index (κ3) is 5.14. The zero-order valence-corrected chi connectivity index (χ0v) is 19.4. The van der Waals surface area contributed by atoms with Crippen molar-refractivity contribution in [2.45, 2.75) is 40.3 Å². The van der Waals surface area contributed by atoms with Crippen molar-refractivity contribution in [3.05, 3.63) is 71.4 Å². The summed E-state index contributed by atoms with van der Waals surface area (Å²) in [5.74, 6) is 1.91. The van der Waals surface area contributed by atoms with Gasteiger partial charge in [-0.15, -0.1) is 0 Å². The van der Waals surface area contributed by atoms with Gasteiger partial charge in [-0.2, -0.15) is 5.10 Å². The van der Waals surface area contributed by atoms with Crippen LogP contribution in [0.2, 0.25) is 0 Å². The number of furan rings is 1. The fraction of sp³-hybridized carbons (Fsp3) is 0.333. The number of pyridine rings is 1. The summed E-state index contributed by atoms with van der Waals surface area (Å²) in [6.45, 7) is 8.33. The van der Waals surface area contributed by atoms with E-state index in [0.29, 0.717) is 23.8 Å². The number of ether oxygens (including phenoxy) is 1. The number of H-pyrrole nitrogens is 1. The number of carbonyl (C=O) groups is 1. The van der Waals surface area contributed by atoms with Crippen molar-refractivity contribution in [2.75, 3.05) is 0 Å². The van der Waals surface area contributed by atoms with Gasteiger partial charge in [0, 0.05) is 24.6 Å². The number of aryl methyl sites for hydroxylation is 3. The molecule has 9 nitrogen and oxygen atoms in total. The molecule has 1 amide bonds. The normalized spacial score (nSPS) is 12.2. The molecule has 1 unspecified atom stereocenters. The van der Waals surface area contributed by atoms with Crippen LogP contribution < -0.4 is 10.1 Å². The summed E-state index contributed by atoms with van der Waals surface area (Å²) in [4.78, 5) is 24.7. The maximum atomic E-state index is 12.8. The van der Waals surface area contributed by atoms with E-state index in [1.54, 1.807) is 30.6 Å². The average Bonchev–Trinajstić information content (AvgIpc) is 3.51. The van der Waals surface area contributed by atoms with Crippen LogP contribution in [-0.4, -0.2) is 30.6 Å². The lowest BCUT2D eigenvalue weighted by molar-refractivity contribution is 0.0896. The summed E-state index contributed by atoms with van der Waals surface area (Å²) in [5, 5.41) is 7.37. The van der Waals surface area contributed by atoms with Crippen LogP contribution in [0.1, 0.15) is 53.4 Å². The standard InChI is InChI=1S/C24H28N6O3/c1-14(2)22(23-26-11-15(3)27-23)28-24(31)21-9-8-20(33-21)19-7-6-18(12-25-19)32-13-17-10-16(4)30(5)29-17/h6-12,14,22H,13H2,1-5H3,(H,26,27)(H,28,31). The Morgan fingerprint density at radius 3 is 2.61 bits per heavy atom. The Morgan fingerprint density at radius 2 is 2.00 bits per heavy atom. The number of hydrogen-bond donors (Lipinski definition) is 2. The van der Waals surface area contributed by atoms with E-state index in [4.69, 9.17) is 9.15 Å². The van der Waals surface area contributed by atoms with E-state index in [0.717, 1.165) is 22.9 Å². The third-order valence-corrected chi connectivity index (χ3v) is 5.34. The molecule has 172 valence electrons. The summed E-state index contributed by atoms with van der Waals surface area (Å²) in [6.07, 6.45) is 3.37.